The summed E-state index contributed by atoms with van der Waals surface area (Å²) in [5.74, 6) is -0.850. The zero-order valence-electron chi connectivity index (χ0n) is 8.44. The molecule has 0 unspecified atom stereocenters. The lowest BCUT2D eigenvalue weighted by molar-refractivity contribution is -0.127. The van der Waals surface area contributed by atoms with Crippen LogP contribution in [0.25, 0.3) is 0 Å². The van der Waals surface area contributed by atoms with Crippen molar-refractivity contribution in [2.75, 3.05) is 13.1 Å². The minimum Gasteiger partial charge on any atom is -0.461 e. The molecule has 0 aromatic carbocycles. The highest BCUT2D eigenvalue weighted by Gasteiger charge is 2.25. The SMILES string of the molecule is O=C(C(=O)N1CCCCC1)c1ccco1. The Balaban J connectivity index is 2.04. The molecule has 0 saturated carbocycles. The van der Waals surface area contributed by atoms with Gasteiger partial charge in [-0.15, -0.1) is 0 Å². The fourth-order valence-electron chi connectivity index (χ4n) is 1.75. The van der Waals surface area contributed by atoms with Crippen LogP contribution in [0.5, 0.6) is 0 Å². The molecule has 0 aliphatic carbocycles. The second-order valence-corrected chi connectivity index (χ2v) is 3.66. The van der Waals surface area contributed by atoms with E-state index in [4.69, 9.17) is 4.42 Å². The van der Waals surface area contributed by atoms with Gasteiger partial charge in [0.25, 0.3) is 11.7 Å². The molecule has 1 aromatic rings. The summed E-state index contributed by atoms with van der Waals surface area (Å²) in [5.41, 5.74) is 0. The Labute approximate surface area is 87.9 Å². The van der Waals surface area contributed by atoms with Gasteiger partial charge in [0.05, 0.1) is 6.26 Å². The van der Waals surface area contributed by atoms with Crippen LogP contribution in [0.15, 0.2) is 22.8 Å². The van der Waals surface area contributed by atoms with Crippen LogP contribution in [0.1, 0.15) is 29.8 Å². The van der Waals surface area contributed by atoms with Gasteiger partial charge in [-0.05, 0) is 31.4 Å². The Bertz CT molecular complexity index is 350. The molecule has 15 heavy (non-hydrogen) atoms. The Hall–Kier alpha value is -1.58. The maximum absolute atomic E-state index is 11.7. The molecule has 1 aliphatic heterocycles. The van der Waals surface area contributed by atoms with Crippen molar-refractivity contribution in [2.45, 2.75) is 19.3 Å². The lowest BCUT2D eigenvalue weighted by atomic mass is 10.1. The highest BCUT2D eigenvalue weighted by Crippen LogP contribution is 2.11. The number of piperidine rings is 1. The van der Waals surface area contributed by atoms with E-state index in [2.05, 4.69) is 0 Å². The molecule has 80 valence electrons. The molecule has 1 fully saturated rings. The molecule has 0 bridgehead atoms. The van der Waals surface area contributed by atoms with E-state index in [-0.39, 0.29) is 5.76 Å². The maximum atomic E-state index is 11.7. The fraction of sp³-hybridized carbons (Fsp3) is 0.455. The van der Waals surface area contributed by atoms with Crippen molar-refractivity contribution in [2.24, 2.45) is 0 Å². The van der Waals surface area contributed by atoms with Gasteiger partial charge >= 0.3 is 0 Å². The second kappa shape index (κ2) is 4.29. The molecule has 1 amide bonds. The van der Waals surface area contributed by atoms with Crippen molar-refractivity contribution in [3.05, 3.63) is 24.2 Å². The van der Waals surface area contributed by atoms with E-state index in [1.807, 2.05) is 0 Å². The number of ketones is 1. The van der Waals surface area contributed by atoms with Crippen LogP contribution in [0, 0.1) is 0 Å². The number of hydrogen-bond donors (Lipinski definition) is 0. The molecule has 0 atom stereocenters. The number of furan rings is 1. The molecule has 4 nitrogen and oxygen atoms in total. The maximum Gasteiger partial charge on any atom is 0.298 e. The van der Waals surface area contributed by atoms with E-state index in [0.717, 1.165) is 19.3 Å². The van der Waals surface area contributed by atoms with Gasteiger partial charge in [-0.2, -0.15) is 0 Å². The third kappa shape index (κ3) is 2.09. The standard InChI is InChI=1S/C11H13NO3/c13-10(9-5-4-8-15-9)11(14)12-6-2-1-3-7-12/h4-5,8H,1-3,6-7H2. The van der Waals surface area contributed by atoms with Gasteiger partial charge in [-0.3, -0.25) is 9.59 Å². The van der Waals surface area contributed by atoms with Gasteiger partial charge in [0, 0.05) is 13.1 Å². The zero-order valence-corrected chi connectivity index (χ0v) is 8.44. The van der Waals surface area contributed by atoms with Crippen molar-refractivity contribution < 1.29 is 14.0 Å². The molecule has 2 heterocycles. The Morgan fingerprint density at radius 3 is 2.53 bits per heavy atom. The molecule has 1 aromatic heterocycles. The van der Waals surface area contributed by atoms with Gasteiger partial charge in [0.1, 0.15) is 0 Å². The second-order valence-electron chi connectivity index (χ2n) is 3.66. The van der Waals surface area contributed by atoms with E-state index in [1.165, 1.54) is 12.3 Å². The minimum absolute atomic E-state index is 0.130. The van der Waals surface area contributed by atoms with E-state index >= 15 is 0 Å². The third-order valence-electron chi connectivity index (χ3n) is 2.58. The number of carbonyl (C=O) groups excluding carboxylic acids is 2. The quantitative estimate of drug-likeness (QED) is 0.545. The molecule has 4 heteroatoms. The summed E-state index contributed by atoms with van der Waals surface area (Å²) in [6.45, 7) is 1.37. The Morgan fingerprint density at radius 1 is 1.20 bits per heavy atom. The number of nitrogens with zero attached hydrogens (tertiary/aromatic N) is 1. The van der Waals surface area contributed by atoms with Crippen LogP contribution >= 0.6 is 0 Å². The Morgan fingerprint density at radius 2 is 1.93 bits per heavy atom. The largest absolute Gasteiger partial charge is 0.461 e. The minimum atomic E-state index is -0.540. The van der Waals surface area contributed by atoms with Crippen LogP contribution in [0.2, 0.25) is 0 Å². The average Bonchev–Trinajstić information content (AvgIpc) is 2.82. The van der Waals surface area contributed by atoms with Crippen LogP contribution in [-0.2, 0) is 4.79 Å². The summed E-state index contributed by atoms with van der Waals surface area (Å²) in [6.07, 6.45) is 4.50. The number of likely N-dealkylation sites (tertiary alicyclic amines) is 1. The number of rotatable bonds is 2. The summed E-state index contributed by atoms with van der Waals surface area (Å²) in [4.78, 5) is 24.9. The molecule has 0 spiro atoms. The van der Waals surface area contributed by atoms with E-state index in [0.29, 0.717) is 13.1 Å². The van der Waals surface area contributed by atoms with Gasteiger partial charge in [0.15, 0.2) is 5.76 Å². The highest BCUT2D eigenvalue weighted by atomic mass is 16.3. The van der Waals surface area contributed by atoms with Crippen LogP contribution in [-0.4, -0.2) is 29.7 Å². The monoisotopic (exact) mass is 207 g/mol. The zero-order chi connectivity index (χ0) is 10.7. The van der Waals surface area contributed by atoms with Crippen LogP contribution in [0.4, 0.5) is 0 Å². The molecule has 1 saturated heterocycles. The van der Waals surface area contributed by atoms with Gasteiger partial charge < -0.3 is 9.32 Å². The molecule has 0 N–H and O–H groups in total. The van der Waals surface area contributed by atoms with E-state index < -0.39 is 11.7 Å². The van der Waals surface area contributed by atoms with Crippen molar-refractivity contribution in [3.63, 3.8) is 0 Å². The number of carbonyl (C=O) groups is 2. The summed E-state index contributed by atoms with van der Waals surface area (Å²) < 4.78 is 4.91. The third-order valence-corrected chi connectivity index (χ3v) is 2.58. The topological polar surface area (TPSA) is 50.5 Å². The molecule has 0 radical (unpaired) electrons. The van der Waals surface area contributed by atoms with E-state index in [1.54, 1.807) is 11.0 Å². The lowest BCUT2D eigenvalue weighted by Gasteiger charge is -2.25. The van der Waals surface area contributed by atoms with E-state index in [9.17, 15) is 9.59 Å². The summed E-state index contributed by atoms with van der Waals surface area (Å²) in [7, 11) is 0. The van der Waals surface area contributed by atoms with Crippen molar-refractivity contribution >= 4 is 11.7 Å². The summed E-state index contributed by atoms with van der Waals surface area (Å²) >= 11 is 0. The molecule has 2 rings (SSSR count). The summed E-state index contributed by atoms with van der Waals surface area (Å²) in [6, 6.07) is 3.13. The average molecular weight is 207 g/mol. The highest BCUT2D eigenvalue weighted by molar-refractivity contribution is 6.41. The van der Waals surface area contributed by atoms with Crippen molar-refractivity contribution in [3.8, 4) is 0 Å². The number of Topliss-reactive ketones (excluding diaryl/α,β-unsaturated/α-hetero) is 1. The first-order chi connectivity index (χ1) is 7.29. The predicted molar refractivity (Wildman–Crippen MR) is 53.5 cm³/mol. The van der Waals surface area contributed by atoms with Crippen molar-refractivity contribution in [1.82, 2.24) is 4.90 Å². The first-order valence-corrected chi connectivity index (χ1v) is 5.16. The molecular formula is C11H13NO3. The van der Waals surface area contributed by atoms with Gasteiger partial charge in [-0.1, -0.05) is 0 Å². The smallest absolute Gasteiger partial charge is 0.298 e. The van der Waals surface area contributed by atoms with Crippen LogP contribution in [0.3, 0.4) is 0 Å². The fourth-order valence-corrected chi connectivity index (χ4v) is 1.75. The number of amides is 1. The normalized spacial score (nSPS) is 16.4. The lowest BCUT2D eigenvalue weighted by Crippen LogP contribution is -2.39. The number of hydrogen-bond acceptors (Lipinski definition) is 3. The molecular weight excluding hydrogens is 194 g/mol. The Kier molecular flexibility index (Phi) is 2.85. The van der Waals surface area contributed by atoms with Crippen molar-refractivity contribution in [1.29, 1.82) is 0 Å². The first kappa shape index (κ1) is 9.96. The van der Waals surface area contributed by atoms with Gasteiger partial charge in [-0.25, -0.2) is 0 Å². The first-order valence-electron chi connectivity index (χ1n) is 5.16. The summed E-state index contributed by atoms with van der Waals surface area (Å²) in [5, 5.41) is 0. The van der Waals surface area contributed by atoms with Gasteiger partial charge in [0.2, 0.25) is 0 Å². The predicted octanol–water partition coefficient (Wildman–Crippen LogP) is 1.47. The molecule has 1 aliphatic rings. The van der Waals surface area contributed by atoms with Crippen LogP contribution < -0.4 is 0 Å².